The van der Waals surface area contributed by atoms with Crippen LogP contribution in [-0.4, -0.2) is 23.8 Å². The number of ketones is 2. The van der Waals surface area contributed by atoms with Crippen LogP contribution in [0.2, 0.25) is 0 Å². The van der Waals surface area contributed by atoms with Crippen LogP contribution in [-0.2, 0) is 11.2 Å². The molecule has 1 unspecified atom stereocenters. The van der Waals surface area contributed by atoms with E-state index in [4.69, 9.17) is 4.74 Å². The average Bonchev–Trinajstić information content (AvgIpc) is 2.62. The van der Waals surface area contributed by atoms with E-state index in [0.29, 0.717) is 24.2 Å². The Hall–Kier alpha value is -2.62. The number of ether oxygens (including phenoxy) is 1. The van der Waals surface area contributed by atoms with E-state index in [-0.39, 0.29) is 23.7 Å². The summed E-state index contributed by atoms with van der Waals surface area (Å²) >= 11 is 0. The lowest BCUT2D eigenvalue weighted by molar-refractivity contribution is -0.121. The van der Waals surface area contributed by atoms with Gasteiger partial charge in [0.1, 0.15) is 5.78 Å². The van der Waals surface area contributed by atoms with Gasteiger partial charge in [-0.05, 0) is 30.5 Å². The lowest BCUT2D eigenvalue weighted by atomic mass is 9.88. The first kappa shape index (κ1) is 17.7. The van der Waals surface area contributed by atoms with Crippen molar-refractivity contribution in [2.24, 2.45) is 5.92 Å². The molecule has 2 aromatic rings. The second-order valence-corrected chi connectivity index (χ2v) is 5.66. The first-order chi connectivity index (χ1) is 11.6. The van der Waals surface area contributed by atoms with E-state index in [2.05, 4.69) is 0 Å². The molecular weight excluding hydrogens is 304 g/mol. The minimum atomic E-state index is -0.605. The van der Waals surface area contributed by atoms with Gasteiger partial charge in [-0.1, -0.05) is 43.3 Å². The van der Waals surface area contributed by atoms with Crippen LogP contribution < -0.4 is 4.74 Å². The zero-order valence-electron chi connectivity index (χ0n) is 14.0. The highest BCUT2D eigenvalue weighted by molar-refractivity contribution is 6.10. The molecule has 0 bridgehead atoms. The van der Waals surface area contributed by atoms with Crippen molar-refractivity contribution in [1.29, 1.82) is 0 Å². The lowest BCUT2D eigenvalue weighted by Gasteiger charge is -2.13. The van der Waals surface area contributed by atoms with E-state index in [1.165, 1.54) is 7.11 Å². The zero-order valence-corrected chi connectivity index (χ0v) is 14.0. The molecule has 24 heavy (non-hydrogen) atoms. The molecule has 1 N–H and O–H groups in total. The smallest absolute Gasteiger partial charge is 0.173 e. The Morgan fingerprint density at radius 2 is 1.83 bits per heavy atom. The summed E-state index contributed by atoms with van der Waals surface area (Å²) in [5.74, 6) is -0.332. The standard InChI is InChI=1S/C20H22O4/c1-3-16(20(23)15-7-5-4-6-8-15)17(21)11-9-14-10-12-18(22)19(13-14)24-2/h4-8,10,12-13,16,22H,3,9,11H2,1-2H3. The Labute approximate surface area is 142 Å². The summed E-state index contributed by atoms with van der Waals surface area (Å²) in [5.41, 5.74) is 1.46. The maximum Gasteiger partial charge on any atom is 0.173 e. The van der Waals surface area contributed by atoms with Crippen LogP contribution in [0, 0.1) is 5.92 Å². The van der Waals surface area contributed by atoms with Crippen molar-refractivity contribution in [1.82, 2.24) is 0 Å². The Morgan fingerprint density at radius 3 is 2.46 bits per heavy atom. The van der Waals surface area contributed by atoms with E-state index in [0.717, 1.165) is 5.56 Å². The molecule has 0 fully saturated rings. The van der Waals surface area contributed by atoms with Gasteiger partial charge in [0.05, 0.1) is 13.0 Å². The maximum atomic E-state index is 12.5. The van der Waals surface area contributed by atoms with E-state index in [1.54, 1.807) is 42.5 Å². The summed E-state index contributed by atoms with van der Waals surface area (Å²) in [5, 5.41) is 9.60. The predicted molar refractivity (Wildman–Crippen MR) is 92.5 cm³/mol. The topological polar surface area (TPSA) is 63.6 Å². The summed E-state index contributed by atoms with van der Waals surface area (Å²) in [6, 6.07) is 13.9. The molecule has 2 aromatic carbocycles. The van der Waals surface area contributed by atoms with Crippen LogP contribution in [0.1, 0.15) is 35.7 Å². The van der Waals surface area contributed by atoms with Crippen LogP contribution in [0.3, 0.4) is 0 Å². The molecule has 0 aliphatic heterocycles. The number of phenolic OH excluding ortho intramolecular Hbond substituents is 1. The Balaban J connectivity index is 2.03. The normalized spacial score (nSPS) is 11.8. The van der Waals surface area contributed by atoms with Crippen LogP contribution >= 0.6 is 0 Å². The molecular formula is C20H22O4. The fourth-order valence-electron chi connectivity index (χ4n) is 2.68. The minimum Gasteiger partial charge on any atom is -0.504 e. The van der Waals surface area contributed by atoms with Gasteiger partial charge in [0, 0.05) is 12.0 Å². The summed E-state index contributed by atoms with van der Waals surface area (Å²) in [4.78, 5) is 25.0. The summed E-state index contributed by atoms with van der Waals surface area (Å²) < 4.78 is 5.07. The Kier molecular flexibility index (Phi) is 6.13. The monoisotopic (exact) mass is 326 g/mol. The van der Waals surface area contributed by atoms with Gasteiger partial charge in [0.15, 0.2) is 17.3 Å². The first-order valence-electron chi connectivity index (χ1n) is 8.04. The highest BCUT2D eigenvalue weighted by Crippen LogP contribution is 2.27. The van der Waals surface area contributed by atoms with Gasteiger partial charge in [-0.2, -0.15) is 0 Å². The summed E-state index contributed by atoms with van der Waals surface area (Å²) in [6.45, 7) is 1.85. The van der Waals surface area contributed by atoms with Crippen LogP contribution in [0.25, 0.3) is 0 Å². The van der Waals surface area contributed by atoms with Gasteiger partial charge >= 0.3 is 0 Å². The largest absolute Gasteiger partial charge is 0.504 e. The van der Waals surface area contributed by atoms with Crippen molar-refractivity contribution < 1.29 is 19.4 Å². The maximum absolute atomic E-state index is 12.5. The third-order valence-electron chi connectivity index (χ3n) is 4.08. The fraction of sp³-hybridized carbons (Fsp3) is 0.300. The Bertz CT molecular complexity index is 707. The number of benzene rings is 2. The molecule has 0 saturated heterocycles. The average molecular weight is 326 g/mol. The number of aromatic hydroxyl groups is 1. The molecule has 0 saturated carbocycles. The van der Waals surface area contributed by atoms with Crippen LogP contribution in [0.4, 0.5) is 0 Å². The molecule has 126 valence electrons. The lowest BCUT2D eigenvalue weighted by Crippen LogP contribution is -2.24. The van der Waals surface area contributed by atoms with Gasteiger partial charge in [0.25, 0.3) is 0 Å². The van der Waals surface area contributed by atoms with Crippen molar-refractivity contribution in [3.8, 4) is 11.5 Å². The number of hydrogen-bond acceptors (Lipinski definition) is 4. The van der Waals surface area contributed by atoms with Crippen molar-refractivity contribution in [2.75, 3.05) is 7.11 Å². The molecule has 4 heteroatoms. The minimum absolute atomic E-state index is 0.0570. The number of rotatable bonds is 8. The molecule has 0 radical (unpaired) electrons. The van der Waals surface area contributed by atoms with Crippen LogP contribution in [0.15, 0.2) is 48.5 Å². The second-order valence-electron chi connectivity index (χ2n) is 5.66. The summed E-state index contributed by atoms with van der Waals surface area (Å²) in [7, 11) is 1.48. The fourth-order valence-corrected chi connectivity index (χ4v) is 2.68. The molecule has 0 aliphatic rings. The predicted octanol–water partition coefficient (Wildman–Crippen LogP) is 3.81. The number of hydrogen-bond donors (Lipinski definition) is 1. The van der Waals surface area contributed by atoms with E-state index in [9.17, 15) is 14.7 Å². The molecule has 2 rings (SSSR count). The molecule has 0 aromatic heterocycles. The molecule has 0 aliphatic carbocycles. The van der Waals surface area contributed by atoms with E-state index < -0.39 is 5.92 Å². The quantitative estimate of drug-likeness (QED) is 0.592. The molecule has 0 amide bonds. The van der Waals surface area contributed by atoms with Gasteiger partial charge in [-0.25, -0.2) is 0 Å². The molecule has 0 heterocycles. The zero-order chi connectivity index (χ0) is 17.5. The van der Waals surface area contributed by atoms with Gasteiger partial charge in [-0.3, -0.25) is 9.59 Å². The third-order valence-corrected chi connectivity index (χ3v) is 4.08. The number of carbonyl (C=O) groups excluding carboxylic acids is 2. The number of phenols is 1. The van der Waals surface area contributed by atoms with Crippen molar-refractivity contribution in [2.45, 2.75) is 26.2 Å². The Morgan fingerprint density at radius 1 is 1.12 bits per heavy atom. The van der Waals surface area contributed by atoms with E-state index >= 15 is 0 Å². The van der Waals surface area contributed by atoms with Gasteiger partial charge in [-0.15, -0.1) is 0 Å². The van der Waals surface area contributed by atoms with Gasteiger partial charge in [0.2, 0.25) is 0 Å². The van der Waals surface area contributed by atoms with Crippen molar-refractivity contribution in [3.05, 3.63) is 59.7 Å². The van der Waals surface area contributed by atoms with Crippen molar-refractivity contribution >= 4 is 11.6 Å². The summed E-state index contributed by atoms with van der Waals surface area (Å²) in [6.07, 6.45) is 1.28. The molecule has 0 spiro atoms. The van der Waals surface area contributed by atoms with Gasteiger partial charge < -0.3 is 9.84 Å². The SMILES string of the molecule is CCC(C(=O)CCc1ccc(O)c(OC)c1)C(=O)c1ccccc1. The van der Waals surface area contributed by atoms with Crippen LogP contribution in [0.5, 0.6) is 11.5 Å². The second kappa shape index (κ2) is 8.29. The molecule has 4 nitrogen and oxygen atoms in total. The third kappa shape index (κ3) is 4.22. The number of methoxy groups -OCH3 is 1. The molecule has 1 atom stereocenters. The number of carbonyl (C=O) groups is 2. The number of Topliss-reactive ketones (excluding diaryl/α,β-unsaturated/α-hetero) is 2. The van der Waals surface area contributed by atoms with E-state index in [1.807, 2.05) is 13.0 Å². The first-order valence-corrected chi connectivity index (χ1v) is 8.04. The highest BCUT2D eigenvalue weighted by Gasteiger charge is 2.25. The van der Waals surface area contributed by atoms with Crippen molar-refractivity contribution in [3.63, 3.8) is 0 Å². The highest BCUT2D eigenvalue weighted by atomic mass is 16.5. The number of aryl methyl sites for hydroxylation is 1.